The molecule has 17 heavy (non-hydrogen) atoms. The Morgan fingerprint density at radius 3 is 2.41 bits per heavy atom. The molecule has 0 bridgehead atoms. The van der Waals surface area contributed by atoms with Gasteiger partial charge in [0.2, 0.25) is 0 Å². The lowest BCUT2D eigenvalue weighted by Crippen LogP contribution is -2.09. The lowest BCUT2D eigenvalue weighted by molar-refractivity contribution is -0.137. The third-order valence-electron chi connectivity index (χ3n) is 2.07. The molecule has 6 heteroatoms. The van der Waals surface area contributed by atoms with Crippen LogP contribution in [0.3, 0.4) is 0 Å². The molecule has 1 rings (SSSR count). The molecule has 0 radical (unpaired) electrons. The number of rotatable bonds is 3. The fraction of sp³-hybridized carbons (Fsp3) is 0.364. The second-order valence-corrected chi connectivity index (χ2v) is 3.67. The fourth-order valence-electron chi connectivity index (χ4n) is 1.34. The first-order valence-corrected chi connectivity index (χ1v) is 5.20. The standard InChI is InChI=1S/C11H10ClF3O2/c1-3-17-10-7(6(2)16)4-5-8(9(10)12)11(13,14)15/h4-5H,3H2,1-2H3. The minimum atomic E-state index is -4.57. The molecule has 0 aliphatic carbocycles. The number of hydrogen-bond donors (Lipinski definition) is 0. The molecule has 0 fully saturated rings. The maximum Gasteiger partial charge on any atom is 0.417 e. The van der Waals surface area contributed by atoms with Crippen molar-refractivity contribution >= 4 is 17.4 Å². The summed E-state index contributed by atoms with van der Waals surface area (Å²) >= 11 is 5.62. The molecule has 0 amide bonds. The van der Waals surface area contributed by atoms with Gasteiger partial charge in [0.05, 0.1) is 22.8 Å². The van der Waals surface area contributed by atoms with Crippen LogP contribution in [0.25, 0.3) is 0 Å². The predicted octanol–water partition coefficient (Wildman–Crippen LogP) is 3.96. The molecular formula is C11H10ClF3O2. The van der Waals surface area contributed by atoms with Crippen LogP contribution in [0, 0.1) is 0 Å². The van der Waals surface area contributed by atoms with E-state index in [1.807, 2.05) is 0 Å². The molecule has 0 spiro atoms. The topological polar surface area (TPSA) is 26.3 Å². The van der Waals surface area contributed by atoms with E-state index in [2.05, 4.69) is 0 Å². The molecule has 0 atom stereocenters. The van der Waals surface area contributed by atoms with Crippen molar-refractivity contribution in [3.05, 3.63) is 28.3 Å². The van der Waals surface area contributed by atoms with Crippen LogP contribution in [0.2, 0.25) is 5.02 Å². The maximum atomic E-state index is 12.6. The van der Waals surface area contributed by atoms with E-state index in [4.69, 9.17) is 16.3 Å². The second-order valence-electron chi connectivity index (χ2n) is 3.29. The minimum absolute atomic E-state index is 0.0462. The SMILES string of the molecule is CCOc1c(C(C)=O)ccc(C(F)(F)F)c1Cl. The summed E-state index contributed by atoms with van der Waals surface area (Å²) in [5, 5.41) is -0.577. The smallest absolute Gasteiger partial charge is 0.417 e. The summed E-state index contributed by atoms with van der Waals surface area (Å²) in [5.41, 5.74) is -0.961. The molecule has 94 valence electrons. The largest absolute Gasteiger partial charge is 0.492 e. The molecule has 0 aromatic heterocycles. The zero-order valence-electron chi connectivity index (χ0n) is 9.19. The van der Waals surface area contributed by atoms with Gasteiger partial charge < -0.3 is 4.74 Å². The van der Waals surface area contributed by atoms with Crippen LogP contribution in [-0.4, -0.2) is 12.4 Å². The Labute approximate surface area is 101 Å². The lowest BCUT2D eigenvalue weighted by Gasteiger charge is -2.15. The average Bonchev–Trinajstić information content (AvgIpc) is 2.18. The first kappa shape index (κ1) is 13.8. The van der Waals surface area contributed by atoms with Crippen LogP contribution in [-0.2, 0) is 6.18 Å². The van der Waals surface area contributed by atoms with Crippen LogP contribution in [0.15, 0.2) is 12.1 Å². The van der Waals surface area contributed by atoms with Crippen molar-refractivity contribution in [2.75, 3.05) is 6.61 Å². The molecule has 1 aromatic carbocycles. The lowest BCUT2D eigenvalue weighted by atomic mass is 10.1. The number of ketones is 1. The zero-order valence-corrected chi connectivity index (χ0v) is 9.95. The number of carbonyl (C=O) groups is 1. The van der Waals surface area contributed by atoms with E-state index < -0.39 is 22.5 Å². The quantitative estimate of drug-likeness (QED) is 0.774. The van der Waals surface area contributed by atoms with Crippen LogP contribution < -0.4 is 4.74 Å². The Morgan fingerprint density at radius 1 is 1.41 bits per heavy atom. The van der Waals surface area contributed by atoms with Crippen molar-refractivity contribution < 1.29 is 22.7 Å². The number of ether oxygens (including phenoxy) is 1. The summed E-state index contributed by atoms with van der Waals surface area (Å²) in [6.45, 7) is 2.96. The molecule has 0 aliphatic heterocycles. The highest BCUT2D eigenvalue weighted by Gasteiger charge is 2.35. The number of alkyl halides is 3. The van der Waals surface area contributed by atoms with Crippen LogP contribution in [0.4, 0.5) is 13.2 Å². The van der Waals surface area contributed by atoms with Gasteiger partial charge in [0, 0.05) is 0 Å². The normalized spacial score (nSPS) is 11.4. The Bertz CT molecular complexity index is 441. The Hall–Kier alpha value is -1.23. The highest BCUT2D eigenvalue weighted by atomic mass is 35.5. The van der Waals surface area contributed by atoms with Gasteiger partial charge in [-0.25, -0.2) is 0 Å². The predicted molar refractivity (Wildman–Crippen MR) is 57.6 cm³/mol. The molecule has 0 saturated carbocycles. The van der Waals surface area contributed by atoms with Gasteiger partial charge in [-0.15, -0.1) is 0 Å². The van der Waals surface area contributed by atoms with Crippen molar-refractivity contribution in [1.29, 1.82) is 0 Å². The van der Waals surface area contributed by atoms with Crippen LogP contribution in [0.5, 0.6) is 5.75 Å². The molecule has 0 unspecified atom stereocenters. The number of halogens is 4. The molecule has 0 N–H and O–H groups in total. The Kier molecular flexibility index (Phi) is 4.03. The van der Waals surface area contributed by atoms with E-state index in [0.717, 1.165) is 12.1 Å². The van der Waals surface area contributed by atoms with Gasteiger partial charge in [-0.05, 0) is 26.0 Å². The Balaban J connectivity index is 3.43. The van der Waals surface area contributed by atoms with Crippen molar-refractivity contribution in [3.8, 4) is 5.75 Å². The number of Topliss-reactive ketones (excluding diaryl/α,β-unsaturated/α-hetero) is 1. The molecular weight excluding hydrogens is 257 g/mol. The molecule has 0 saturated heterocycles. The summed E-state index contributed by atoms with van der Waals surface area (Å²) in [5.74, 6) is -0.611. The highest BCUT2D eigenvalue weighted by Crippen LogP contribution is 2.41. The van der Waals surface area contributed by atoms with E-state index in [1.54, 1.807) is 6.92 Å². The number of hydrogen-bond acceptors (Lipinski definition) is 2. The number of carbonyl (C=O) groups excluding carboxylic acids is 1. The average molecular weight is 267 g/mol. The summed E-state index contributed by atoms with van der Waals surface area (Å²) in [6.07, 6.45) is -4.57. The van der Waals surface area contributed by atoms with Gasteiger partial charge in [0.1, 0.15) is 5.75 Å². The van der Waals surface area contributed by atoms with Gasteiger partial charge in [0.25, 0.3) is 0 Å². The van der Waals surface area contributed by atoms with Gasteiger partial charge in [-0.3, -0.25) is 4.79 Å². The van der Waals surface area contributed by atoms with Crippen molar-refractivity contribution in [3.63, 3.8) is 0 Å². The zero-order chi connectivity index (χ0) is 13.2. The summed E-state index contributed by atoms with van der Waals surface area (Å²) in [4.78, 5) is 11.2. The molecule has 0 heterocycles. The maximum absolute atomic E-state index is 12.6. The summed E-state index contributed by atoms with van der Waals surface area (Å²) in [6, 6.07) is 1.85. The first-order chi connectivity index (χ1) is 7.79. The van der Waals surface area contributed by atoms with E-state index in [-0.39, 0.29) is 17.9 Å². The van der Waals surface area contributed by atoms with Crippen molar-refractivity contribution in [1.82, 2.24) is 0 Å². The first-order valence-electron chi connectivity index (χ1n) is 4.82. The minimum Gasteiger partial charge on any atom is -0.492 e. The summed E-state index contributed by atoms with van der Waals surface area (Å²) < 4.78 is 42.7. The van der Waals surface area contributed by atoms with Crippen LogP contribution >= 0.6 is 11.6 Å². The Morgan fingerprint density at radius 2 is 2.00 bits per heavy atom. The molecule has 0 aliphatic rings. The van der Waals surface area contributed by atoms with Gasteiger partial charge >= 0.3 is 6.18 Å². The van der Waals surface area contributed by atoms with Crippen molar-refractivity contribution in [2.45, 2.75) is 20.0 Å². The monoisotopic (exact) mass is 266 g/mol. The third-order valence-corrected chi connectivity index (χ3v) is 2.45. The van der Waals surface area contributed by atoms with E-state index in [9.17, 15) is 18.0 Å². The summed E-state index contributed by atoms with van der Waals surface area (Å²) in [7, 11) is 0. The van der Waals surface area contributed by atoms with Gasteiger partial charge in [-0.2, -0.15) is 13.2 Å². The van der Waals surface area contributed by atoms with E-state index in [1.165, 1.54) is 6.92 Å². The van der Waals surface area contributed by atoms with Gasteiger partial charge in [0.15, 0.2) is 5.78 Å². The highest BCUT2D eigenvalue weighted by molar-refractivity contribution is 6.33. The van der Waals surface area contributed by atoms with E-state index in [0.29, 0.717) is 0 Å². The fourth-order valence-corrected chi connectivity index (χ4v) is 1.66. The van der Waals surface area contributed by atoms with Crippen molar-refractivity contribution in [2.24, 2.45) is 0 Å². The molecule has 1 aromatic rings. The van der Waals surface area contributed by atoms with Crippen LogP contribution in [0.1, 0.15) is 29.8 Å². The number of benzene rings is 1. The van der Waals surface area contributed by atoms with Gasteiger partial charge in [-0.1, -0.05) is 11.6 Å². The second kappa shape index (κ2) is 4.96. The molecule has 2 nitrogen and oxygen atoms in total. The van der Waals surface area contributed by atoms with E-state index >= 15 is 0 Å². The third kappa shape index (κ3) is 2.91.